The SMILES string of the molecule is [N-]=[N+]=Nc1c(N2CCCCC2)cc[nH]c1=O. The number of aromatic amines is 1. The van der Waals surface area contributed by atoms with Gasteiger partial charge in [-0.05, 0) is 30.9 Å². The van der Waals surface area contributed by atoms with Gasteiger partial charge in [-0.15, -0.1) is 0 Å². The number of rotatable bonds is 2. The van der Waals surface area contributed by atoms with Gasteiger partial charge in [0.05, 0.1) is 5.69 Å². The lowest BCUT2D eigenvalue weighted by atomic mass is 10.1. The molecule has 0 bridgehead atoms. The number of piperidine rings is 1. The lowest BCUT2D eigenvalue weighted by Crippen LogP contribution is -2.30. The summed E-state index contributed by atoms with van der Waals surface area (Å²) < 4.78 is 0. The highest BCUT2D eigenvalue weighted by Crippen LogP contribution is 2.26. The first-order valence-electron chi connectivity index (χ1n) is 5.34. The first-order chi connectivity index (χ1) is 7.83. The lowest BCUT2D eigenvalue weighted by Gasteiger charge is -2.29. The summed E-state index contributed by atoms with van der Waals surface area (Å²) in [6.45, 7) is 1.83. The van der Waals surface area contributed by atoms with E-state index in [0.29, 0.717) is 0 Å². The van der Waals surface area contributed by atoms with Crippen LogP contribution in [-0.2, 0) is 0 Å². The molecule has 2 heterocycles. The normalized spacial score (nSPS) is 15.6. The monoisotopic (exact) mass is 219 g/mol. The Balaban J connectivity index is 2.42. The van der Waals surface area contributed by atoms with Gasteiger partial charge in [0, 0.05) is 24.2 Å². The second-order valence-corrected chi connectivity index (χ2v) is 3.78. The third kappa shape index (κ3) is 2.01. The first-order valence-corrected chi connectivity index (χ1v) is 5.34. The molecule has 0 atom stereocenters. The van der Waals surface area contributed by atoms with Crippen molar-refractivity contribution in [3.05, 3.63) is 33.1 Å². The molecular formula is C10H13N5O. The summed E-state index contributed by atoms with van der Waals surface area (Å²) in [6, 6.07) is 1.79. The van der Waals surface area contributed by atoms with E-state index in [1.54, 1.807) is 12.3 Å². The molecule has 1 fully saturated rings. The van der Waals surface area contributed by atoms with Crippen LogP contribution in [0.3, 0.4) is 0 Å². The van der Waals surface area contributed by atoms with Gasteiger partial charge in [0.1, 0.15) is 5.69 Å². The number of H-pyrrole nitrogens is 1. The maximum atomic E-state index is 11.5. The molecule has 1 aromatic rings. The number of azide groups is 1. The number of nitrogens with one attached hydrogen (secondary N) is 1. The predicted octanol–water partition coefficient (Wildman–Crippen LogP) is 2.31. The summed E-state index contributed by atoms with van der Waals surface area (Å²) in [5.41, 5.74) is 9.03. The van der Waals surface area contributed by atoms with Gasteiger partial charge in [-0.1, -0.05) is 5.11 Å². The Morgan fingerprint density at radius 2 is 2.12 bits per heavy atom. The van der Waals surface area contributed by atoms with Crippen molar-refractivity contribution in [2.24, 2.45) is 5.11 Å². The summed E-state index contributed by atoms with van der Waals surface area (Å²) in [7, 11) is 0. The molecule has 6 heteroatoms. The van der Waals surface area contributed by atoms with E-state index < -0.39 is 0 Å². The van der Waals surface area contributed by atoms with Gasteiger partial charge in [0.25, 0.3) is 5.56 Å². The minimum absolute atomic E-state index is 0.173. The summed E-state index contributed by atoms with van der Waals surface area (Å²) in [6.07, 6.45) is 5.03. The quantitative estimate of drug-likeness (QED) is 0.470. The Morgan fingerprint density at radius 3 is 2.81 bits per heavy atom. The molecule has 1 aliphatic rings. The molecule has 1 aromatic heterocycles. The van der Waals surface area contributed by atoms with E-state index in [4.69, 9.17) is 5.53 Å². The molecule has 16 heavy (non-hydrogen) atoms. The van der Waals surface area contributed by atoms with Crippen LogP contribution in [0.1, 0.15) is 19.3 Å². The minimum Gasteiger partial charge on any atom is -0.371 e. The van der Waals surface area contributed by atoms with Crippen LogP contribution in [0, 0.1) is 0 Å². The van der Waals surface area contributed by atoms with Crippen LogP contribution in [0.5, 0.6) is 0 Å². The third-order valence-corrected chi connectivity index (χ3v) is 2.75. The Kier molecular flexibility index (Phi) is 3.12. The maximum absolute atomic E-state index is 11.5. The number of hydrogen-bond donors (Lipinski definition) is 1. The first kappa shape index (κ1) is 10.6. The zero-order valence-corrected chi connectivity index (χ0v) is 8.89. The summed E-state index contributed by atoms with van der Waals surface area (Å²) in [5, 5.41) is 3.48. The molecule has 84 valence electrons. The van der Waals surface area contributed by atoms with Crippen LogP contribution in [0.15, 0.2) is 22.2 Å². The number of pyridine rings is 1. The number of aromatic nitrogens is 1. The topological polar surface area (TPSA) is 84.9 Å². The summed E-state index contributed by atoms with van der Waals surface area (Å²) in [4.78, 5) is 18.8. The minimum atomic E-state index is -0.333. The van der Waals surface area contributed by atoms with Gasteiger partial charge in [0.15, 0.2) is 0 Å². The second-order valence-electron chi connectivity index (χ2n) is 3.78. The number of hydrogen-bond acceptors (Lipinski definition) is 3. The number of nitrogens with zero attached hydrogens (tertiary/aromatic N) is 4. The molecule has 0 aromatic carbocycles. The van der Waals surface area contributed by atoms with Crippen LogP contribution in [0.25, 0.3) is 10.4 Å². The Morgan fingerprint density at radius 1 is 1.38 bits per heavy atom. The van der Waals surface area contributed by atoms with Crippen LogP contribution in [0.4, 0.5) is 11.4 Å². The molecule has 0 radical (unpaired) electrons. The fraction of sp³-hybridized carbons (Fsp3) is 0.500. The van der Waals surface area contributed by atoms with Crippen LogP contribution in [0.2, 0.25) is 0 Å². The molecule has 0 amide bonds. The van der Waals surface area contributed by atoms with Crippen molar-refractivity contribution < 1.29 is 0 Å². The molecule has 1 saturated heterocycles. The Hall–Kier alpha value is -1.94. The van der Waals surface area contributed by atoms with E-state index in [-0.39, 0.29) is 11.2 Å². The highest BCUT2D eigenvalue weighted by molar-refractivity contribution is 5.65. The van der Waals surface area contributed by atoms with Crippen LogP contribution >= 0.6 is 0 Å². The van der Waals surface area contributed by atoms with E-state index in [2.05, 4.69) is 19.9 Å². The average Bonchev–Trinajstić information content (AvgIpc) is 2.33. The zero-order chi connectivity index (χ0) is 11.4. The molecule has 1 N–H and O–H groups in total. The van der Waals surface area contributed by atoms with Gasteiger partial charge in [-0.25, -0.2) is 0 Å². The van der Waals surface area contributed by atoms with Crippen molar-refractivity contribution in [3.63, 3.8) is 0 Å². The summed E-state index contributed by atoms with van der Waals surface area (Å²) in [5.74, 6) is 0. The highest BCUT2D eigenvalue weighted by atomic mass is 16.1. The van der Waals surface area contributed by atoms with E-state index in [1.807, 2.05) is 0 Å². The fourth-order valence-corrected chi connectivity index (χ4v) is 1.99. The standard InChI is InChI=1S/C10H13N5O/c11-14-13-9-8(4-5-12-10(9)16)15-6-2-1-3-7-15/h4-5H,1-3,6-7H2,(H,12,16). The third-order valence-electron chi connectivity index (χ3n) is 2.75. The number of anilines is 1. The Labute approximate surface area is 92.5 Å². The zero-order valence-electron chi connectivity index (χ0n) is 8.89. The van der Waals surface area contributed by atoms with Crippen molar-refractivity contribution in [1.29, 1.82) is 0 Å². The predicted molar refractivity (Wildman–Crippen MR) is 61.9 cm³/mol. The molecular weight excluding hydrogens is 206 g/mol. The molecule has 1 aliphatic heterocycles. The van der Waals surface area contributed by atoms with E-state index in [9.17, 15) is 4.79 Å². The molecule has 0 spiro atoms. The molecule has 0 aliphatic carbocycles. The van der Waals surface area contributed by atoms with Crippen molar-refractivity contribution >= 4 is 11.4 Å². The average molecular weight is 219 g/mol. The molecule has 2 rings (SSSR count). The fourth-order valence-electron chi connectivity index (χ4n) is 1.99. The smallest absolute Gasteiger partial charge is 0.259 e. The van der Waals surface area contributed by atoms with Gasteiger partial charge >= 0.3 is 0 Å². The van der Waals surface area contributed by atoms with Crippen molar-refractivity contribution in [1.82, 2.24) is 4.98 Å². The largest absolute Gasteiger partial charge is 0.371 e. The van der Waals surface area contributed by atoms with E-state index in [0.717, 1.165) is 31.6 Å². The van der Waals surface area contributed by atoms with Crippen LogP contribution in [-0.4, -0.2) is 18.1 Å². The second kappa shape index (κ2) is 4.72. The molecule has 0 unspecified atom stereocenters. The Bertz CT molecular complexity index is 468. The van der Waals surface area contributed by atoms with Gasteiger partial charge in [-0.3, -0.25) is 4.79 Å². The van der Waals surface area contributed by atoms with Crippen molar-refractivity contribution in [2.75, 3.05) is 18.0 Å². The van der Waals surface area contributed by atoms with Gasteiger partial charge < -0.3 is 9.88 Å². The van der Waals surface area contributed by atoms with Gasteiger partial charge in [0.2, 0.25) is 0 Å². The van der Waals surface area contributed by atoms with Crippen LogP contribution < -0.4 is 10.5 Å². The van der Waals surface area contributed by atoms with Gasteiger partial charge in [-0.2, -0.15) is 0 Å². The highest BCUT2D eigenvalue weighted by Gasteiger charge is 2.15. The van der Waals surface area contributed by atoms with Crippen molar-refractivity contribution in [2.45, 2.75) is 19.3 Å². The lowest BCUT2D eigenvalue weighted by molar-refractivity contribution is 0.578. The molecule has 6 nitrogen and oxygen atoms in total. The van der Waals surface area contributed by atoms with E-state index in [1.165, 1.54) is 6.42 Å². The maximum Gasteiger partial charge on any atom is 0.259 e. The molecule has 0 saturated carbocycles. The summed E-state index contributed by atoms with van der Waals surface area (Å²) >= 11 is 0. The van der Waals surface area contributed by atoms with E-state index >= 15 is 0 Å². The van der Waals surface area contributed by atoms with Crippen molar-refractivity contribution in [3.8, 4) is 0 Å².